The largest absolute Gasteiger partial charge is 0.396 e. The number of benzene rings is 1. The lowest BCUT2D eigenvalue weighted by Crippen LogP contribution is -2.40. The predicted molar refractivity (Wildman–Crippen MR) is 76.6 cm³/mol. The van der Waals surface area contributed by atoms with Gasteiger partial charge in [0.25, 0.3) is 0 Å². The van der Waals surface area contributed by atoms with Crippen LogP contribution in [0.25, 0.3) is 0 Å². The molecule has 3 heteroatoms. The topological polar surface area (TPSA) is 58.3 Å². The monoisotopic (exact) mass is 250 g/mol. The molecule has 0 aliphatic carbocycles. The zero-order valence-electron chi connectivity index (χ0n) is 11.3. The third-order valence-electron chi connectivity index (χ3n) is 3.42. The van der Waals surface area contributed by atoms with E-state index in [0.717, 1.165) is 25.8 Å². The summed E-state index contributed by atoms with van der Waals surface area (Å²) in [5, 5.41) is 12.2. The van der Waals surface area contributed by atoms with Crippen LogP contribution in [0, 0.1) is 0 Å². The Bertz CT molecular complexity index is 303. The molecule has 1 rings (SSSR count). The molecule has 0 aliphatic heterocycles. The van der Waals surface area contributed by atoms with Gasteiger partial charge in [-0.2, -0.15) is 0 Å². The van der Waals surface area contributed by atoms with Crippen LogP contribution >= 0.6 is 0 Å². The summed E-state index contributed by atoms with van der Waals surface area (Å²) in [6.07, 6.45) is 3.06. The van der Waals surface area contributed by atoms with Crippen LogP contribution in [0.1, 0.15) is 37.7 Å². The number of aliphatic hydroxyl groups is 1. The lowest BCUT2D eigenvalue weighted by molar-refractivity contribution is 0.282. The number of rotatable bonds is 9. The summed E-state index contributed by atoms with van der Waals surface area (Å²) in [4.78, 5) is 0. The van der Waals surface area contributed by atoms with E-state index in [1.807, 2.05) is 6.07 Å². The van der Waals surface area contributed by atoms with Crippen LogP contribution in [0.4, 0.5) is 0 Å². The fourth-order valence-corrected chi connectivity index (χ4v) is 2.15. The van der Waals surface area contributed by atoms with Crippen molar-refractivity contribution in [3.63, 3.8) is 0 Å². The molecule has 0 fully saturated rings. The summed E-state index contributed by atoms with van der Waals surface area (Å²) < 4.78 is 0. The maximum Gasteiger partial charge on any atom is 0.0431 e. The van der Waals surface area contributed by atoms with Gasteiger partial charge in [-0.25, -0.2) is 0 Å². The molecule has 0 saturated carbocycles. The zero-order valence-corrected chi connectivity index (χ0v) is 11.3. The number of aliphatic hydroxyl groups excluding tert-OH is 1. The molecule has 0 amide bonds. The van der Waals surface area contributed by atoms with Crippen LogP contribution in [0.3, 0.4) is 0 Å². The Balaban J connectivity index is 2.36. The van der Waals surface area contributed by atoms with Crippen LogP contribution < -0.4 is 11.1 Å². The molecule has 0 aromatic heterocycles. The van der Waals surface area contributed by atoms with Crippen LogP contribution in [-0.4, -0.2) is 30.8 Å². The van der Waals surface area contributed by atoms with Crippen molar-refractivity contribution < 1.29 is 5.11 Å². The van der Waals surface area contributed by atoms with E-state index >= 15 is 0 Å². The maximum absolute atomic E-state index is 8.72. The summed E-state index contributed by atoms with van der Waals surface area (Å²) in [7, 11) is 0. The molecular formula is C15H26N2O. The van der Waals surface area contributed by atoms with Crippen molar-refractivity contribution in [2.24, 2.45) is 5.73 Å². The van der Waals surface area contributed by atoms with Crippen LogP contribution in [-0.2, 0) is 0 Å². The fourth-order valence-electron chi connectivity index (χ4n) is 2.15. The fraction of sp³-hybridized carbons (Fsp3) is 0.600. The molecule has 102 valence electrons. The molecule has 2 atom stereocenters. The molecular weight excluding hydrogens is 224 g/mol. The van der Waals surface area contributed by atoms with Crippen LogP contribution in [0.5, 0.6) is 0 Å². The van der Waals surface area contributed by atoms with Gasteiger partial charge in [0, 0.05) is 19.2 Å². The second-order valence-corrected chi connectivity index (χ2v) is 4.78. The molecule has 0 heterocycles. The second kappa shape index (κ2) is 9.09. The summed E-state index contributed by atoms with van der Waals surface area (Å²) >= 11 is 0. The highest BCUT2D eigenvalue weighted by molar-refractivity contribution is 5.20. The maximum atomic E-state index is 8.72. The Morgan fingerprint density at radius 3 is 2.50 bits per heavy atom. The van der Waals surface area contributed by atoms with Crippen molar-refractivity contribution in [3.05, 3.63) is 35.9 Å². The lowest BCUT2D eigenvalue weighted by Gasteiger charge is -2.24. The minimum atomic E-state index is 0.292. The van der Waals surface area contributed by atoms with Gasteiger partial charge < -0.3 is 16.2 Å². The van der Waals surface area contributed by atoms with Crippen molar-refractivity contribution in [2.75, 3.05) is 19.7 Å². The standard InChI is InChI=1S/C15H26N2O/c1-13(14-8-4-2-5-9-14)15(12-16)17-10-6-3-7-11-18/h2,4-5,8-9,13,15,17-18H,3,6-7,10-12,16H2,1H3. The van der Waals surface area contributed by atoms with Gasteiger partial charge in [-0.3, -0.25) is 0 Å². The van der Waals surface area contributed by atoms with E-state index in [2.05, 4.69) is 36.5 Å². The van der Waals surface area contributed by atoms with E-state index in [4.69, 9.17) is 10.8 Å². The molecule has 0 aliphatic rings. The highest BCUT2D eigenvalue weighted by atomic mass is 16.2. The minimum Gasteiger partial charge on any atom is -0.396 e. The smallest absolute Gasteiger partial charge is 0.0431 e. The van der Waals surface area contributed by atoms with Crippen molar-refractivity contribution in [1.29, 1.82) is 0 Å². The van der Waals surface area contributed by atoms with Crippen molar-refractivity contribution >= 4 is 0 Å². The second-order valence-electron chi connectivity index (χ2n) is 4.78. The van der Waals surface area contributed by atoms with E-state index in [1.54, 1.807) is 0 Å². The highest BCUT2D eigenvalue weighted by Gasteiger charge is 2.16. The van der Waals surface area contributed by atoms with Crippen molar-refractivity contribution in [3.8, 4) is 0 Å². The van der Waals surface area contributed by atoms with Gasteiger partial charge in [-0.05, 0) is 37.3 Å². The molecule has 3 nitrogen and oxygen atoms in total. The summed E-state index contributed by atoms with van der Waals surface area (Å²) in [6.45, 7) is 4.13. The van der Waals surface area contributed by atoms with Gasteiger partial charge in [-0.1, -0.05) is 37.3 Å². The Labute approximate surface area is 110 Å². The van der Waals surface area contributed by atoms with Crippen LogP contribution in [0.2, 0.25) is 0 Å². The number of nitrogens with two attached hydrogens (primary N) is 1. The quantitative estimate of drug-likeness (QED) is 0.586. The normalized spacial score (nSPS) is 14.4. The number of hydrogen-bond donors (Lipinski definition) is 3. The number of nitrogens with one attached hydrogen (secondary N) is 1. The summed E-state index contributed by atoms with van der Waals surface area (Å²) in [5.74, 6) is 0.425. The molecule has 18 heavy (non-hydrogen) atoms. The van der Waals surface area contributed by atoms with Gasteiger partial charge in [0.2, 0.25) is 0 Å². The first-order valence-electron chi connectivity index (χ1n) is 6.88. The molecule has 4 N–H and O–H groups in total. The molecule has 1 aromatic carbocycles. The Kier molecular flexibility index (Phi) is 7.65. The first-order chi connectivity index (χ1) is 8.79. The van der Waals surface area contributed by atoms with E-state index in [1.165, 1.54) is 5.56 Å². The minimum absolute atomic E-state index is 0.292. The summed E-state index contributed by atoms with van der Waals surface area (Å²) in [6, 6.07) is 10.8. The first-order valence-corrected chi connectivity index (χ1v) is 6.88. The first kappa shape index (κ1) is 15.2. The van der Waals surface area contributed by atoms with Gasteiger partial charge >= 0.3 is 0 Å². The third kappa shape index (κ3) is 5.17. The molecule has 2 unspecified atom stereocenters. The molecule has 1 aromatic rings. The zero-order chi connectivity index (χ0) is 13.2. The average Bonchev–Trinajstić information content (AvgIpc) is 2.43. The Morgan fingerprint density at radius 2 is 1.89 bits per heavy atom. The van der Waals surface area contributed by atoms with Gasteiger partial charge in [0.1, 0.15) is 0 Å². The molecule has 0 spiro atoms. The Hall–Kier alpha value is -0.900. The predicted octanol–water partition coefficient (Wildman–Crippen LogP) is 1.87. The van der Waals surface area contributed by atoms with Crippen molar-refractivity contribution in [2.45, 2.75) is 38.1 Å². The van der Waals surface area contributed by atoms with E-state index in [9.17, 15) is 0 Å². The highest BCUT2D eigenvalue weighted by Crippen LogP contribution is 2.18. The van der Waals surface area contributed by atoms with Crippen LogP contribution in [0.15, 0.2) is 30.3 Å². The van der Waals surface area contributed by atoms with Crippen molar-refractivity contribution in [1.82, 2.24) is 5.32 Å². The SMILES string of the molecule is CC(c1ccccc1)C(CN)NCCCCCO. The van der Waals surface area contributed by atoms with Gasteiger partial charge in [-0.15, -0.1) is 0 Å². The van der Waals surface area contributed by atoms with E-state index < -0.39 is 0 Å². The Morgan fingerprint density at radius 1 is 1.17 bits per heavy atom. The average molecular weight is 250 g/mol. The lowest BCUT2D eigenvalue weighted by atomic mass is 9.93. The van der Waals surface area contributed by atoms with E-state index in [-0.39, 0.29) is 0 Å². The van der Waals surface area contributed by atoms with Gasteiger partial charge in [0.15, 0.2) is 0 Å². The van der Waals surface area contributed by atoms with E-state index in [0.29, 0.717) is 25.1 Å². The number of hydrogen-bond acceptors (Lipinski definition) is 3. The molecule has 0 bridgehead atoms. The van der Waals surface area contributed by atoms with Gasteiger partial charge in [0.05, 0.1) is 0 Å². The summed E-state index contributed by atoms with van der Waals surface area (Å²) in [5.41, 5.74) is 7.18. The molecule has 0 saturated heterocycles. The molecule has 0 radical (unpaired) electrons. The number of unbranched alkanes of at least 4 members (excludes halogenated alkanes) is 2. The third-order valence-corrected chi connectivity index (χ3v) is 3.42.